The summed E-state index contributed by atoms with van der Waals surface area (Å²) in [7, 11) is 0. The minimum Gasteiger partial charge on any atom is -1.00 e. The molecular formula is C20H30Cl3Zr-2. The Morgan fingerprint density at radius 2 is 1.04 bits per heavy atom. The van der Waals surface area contributed by atoms with E-state index in [1.54, 1.807) is 0 Å². The molecular weight excluding hydrogens is 438 g/mol. The molecule has 0 spiro atoms. The van der Waals surface area contributed by atoms with Crippen LogP contribution in [0.25, 0.3) is 0 Å². The van der Waals surface area contributed by atoms with E-state index in [9.17, 15) is 0 Å². The molecule has 137 valence electrons. The third-order valence-electron chi connectivity index (χ3n) is 3.90. The van der Waals surface area contributed by atoms with Crippen LogP contribution >= 0.6 is 0 Å². The molecule has 2 aromatic carbocycles. The summed E-state index contributed by atoms with van der Waals surface area (Å²) in [6, 6.07) is 13.1. The summed E-state index contributed by atoms with van der Waals surface area (Å²) in [6.45, 7) is 8.84. The van der Waals surface area contributed by atoms with Crippen LogP contribution in [0.5, 0.6) is 0 Å². The van der Waals surface area contributed by atoms with Gasteiger partial charge >= 0.3 is 26.2 Å². The van der Waals surface area contributed by atoms with Gasteiger partial charge in [-0.25, -0.2) is 24.3 Å². The van der Waals surface area contributed by atoms with Gasteiger partial charge in [0.15, 0.2) is 0 Å². The smallest absolute Gasteiger partial charge is 1.00 e. The van der Waals surface area contributed by atoms with Crippen molar-refractivity contribution in [1.82, 2.24) is 0 Å². The summed E-state index contributed by atoms with van der Waals surface area (Å²) < 4.78 is 0. The van der Waals surface area contributed by atoms with E-state index < -0.39 is 0 Å². The number of halogens is 3. The average molecular weight is 468 g/mol. The van der Waals surface area contributed by atoms with Crippen LogP contribution in [0.4, 0.5) is 0 Å². The fraction of sp³-hybridized carbons (Fsp3) is 0.500. The van der Waals surface area contributed by atoms with Gasteiger partial charge in [-0.2, -0.15) is 34.4 Å². The minimum absolute atomic E-state index is 0. The third kappa shape index (κ3) is 12.8. The summed E-state index contributed by atoms with van der Waals surface area (Å²) in [4.78, 5) is 0. The van der Waals surface area contributed by atoms with Crippen LogP contribution in [0.2, 0.25) is 0 Å². The van der Waals surface area contributed by atoms with E-state index in [4.69, 9.17) is 0 Å². The zero-order valence-electron chi connectivity index (χ0n) is 15.3. The van der Waals surface area contributed by atoms with Crippen LogP contribution < -0.4 is 37.2 Å². The minimum atomic E-state index is 0. The zero-order valence-corrected chi connectivity index (χ0v) is 20.1. The van der Waals surface area contributed by atoms with E-state index >= 15 is 0 Å². The molecule has 0 saturated heterocycles. The molecule has 0 aliphatic rings. The average Bonchev–Trinajstić information content (AvgIpc) is 3.04. The van der Waals surface area contributed by atoms with E-state index in [0.29, 0.717) is 0 Å². The van der Waals surface area contributed by atoms with Crippen molar-refractivity contribution in [3.05, 3.63) is 58.7 Å². The molecule has 0 saturated carbocycles. The molecule has 24 heavy (non-hydrogen) atoms. The third-order valence-corrected chi connectivity index (χ3v) is 3.90. The van der Waals surface area contributed by atoms with Crippen molar-refractivity contribution < 1.29 is 63.4 Å². The van der Waals surface area contributed by atoms with Gasteiger partial charge in [0, 0.05) is 0 Å². The number of hydrogen-bond acceptors (Lipinski definition) is 0. The molecule has 0 fully saturated rings. The van der Waals surface area contributed by atoms with Gasteiger partial charge in [0.05, 0.1) is 0 Å². The first-order valence-electron chi connectivity index (χ1n) is 8.11. The zero-order chi connectivity index (χ0) is 14.8. The quantitative estimate of drug-likeness (QED) is 0.401. The van der Waals surface area contributed by atoms with Crippen molar-refractivity contribution in [3.8, 4) is 0 Å². The van der Waals surface area contributed by atoms with Crippen LogP contribution in [-0.4, -0.2) is 0 Å². The SMILES string of the molecule is CCCC[c-]1cccc1C.CCCC[c-]1cccc1C.[Cl-].[Cl-].[Cl-].[Zr+3]. The molecule has 4 heteroatoms. The number of aryl methyl sites for hydroxylation is 4. The second-order valence-electron chi connectivity index (χ2n) is 5.68. The Morgan fingerprint density at radius 3 is 1.25 bits per heavy atom. The summed E-state index contributed by atoms with van der Waals surface area (Å²) in [5.41, 5.74) is 5.96. The van der Waals surface area contributed by atoms with E-state index in [2.05, 4.69) is 64.1 Å². The fourth-order valence-electron chi connectivity index (χ4n) is 2.39. The monoisotopic (exact) mass is 465 g/mol. The van der Waals surface area contributed by atoms with Crippen molar-refractivity contribution in [2.24, 2.45) is 0 Å². The molecule has 0 bridgehead atoms. The summed E-state index contributed by atoms with van der Waals surface area (Å²) in [6.07, 6.45) is 7.76. The fourth-order valence-corrected chi connectivity index (χ4v) is 2.39. The van der Waals surface area contributed by atoms with E-state index in [-0.39, 0.29) is 63.4 Å². The predicted molar refractivity (Wildman–Crippen MR) is 90.8 cm³/mol. The second-order valence-corrected chi connectivity index (χ2v) is 5.68. The van der Waals surface area contributed by atoms with Crippen LogP contribution in [-0.2, 0) is 39.0 Å². The Bertz CT molecular complexity index is 430. The van der Waals surface area contributed by atoms with Crippen LogP contribution in [0.1, 0.15) is 61.8 Å². The van der Waals surface area contributed by atoms with E-state index in [0.717, 1.165) is 0 Å². The standard InChI is InChI=1S/2C10H15.3ClH.Zr/c2*1-3-4-7-10-8-5-6-9(10)2;;;;/h2*5-6,8H,3-4,7H2,1-2H3;3*1H;/q2*-1;;;;+3/p-3. The van der Waals surface area contributed by atoms with Gasteiger partial charge in [0.2, 0.25) is 0 Å². The van der Waals surface area contributed by atoms with Gasteiger partial charge in [-0.15, -0.1) is 0 Å². The topological polar surface area (TPSA) is 0 Å². The molecule has 2 aromatic rings. The predicted octanol–water partition coefficient (Wildman–Crippen LogP) is -2.88. The van der Waals surface area contributed by atoms with Crippen molar-refractivity contribution in [2.45, 2.75) is 66.2 Å². The van der Waals surface area contributed by atoms with Crippen molar-refractivity contribution in [2.75, 3.05) is 0 Å². The molecule has 0 amide bonds. The molecule has 0 nitrogen and oxygen atoms in total. The Kier molecular flexibility index (Phi) is 26.5. The molecule has 0 aliphatic carbocycles. The molecule has 2 rings (SSSR count). The van der Waals surface area contributed by atoms with Crippen LogP contribution in [0.3, 0.4) is 0 Å². The van der Waals surface area contributed by atoms with Gasteiger partial charge in [-0.3, -0.25) is 0 Å². The van der Waals surface area contributed by atoms with Gasteiger partial charge in [-0.05, 0) is 0 Å². The van der Waals surface area contributed by atoms with Crippen molar-refractivity contribution in [3.63, 3.8) is 0 Å². The molecule has 1 radical (unpaired) electrons. The maximum Gasteiger partial charge on any atom is 3.00 e. The Morgan fingerprint density at radius 1 is 0.708 bits per heavy atom. The molecule has 0 unspecified atom stereocenters. The summed E-state index contributed by atoms with van der Waals surface area (Å²) in [5.74, 6) is 0. The Labute approximate surface area is 187 Å². The number of unbranched alkanes of at least 4 members (excludes halogenated alkanes) is 2. The first-order valence-corrected chi connectivity index (χ1v) is 8.11. The van der Waals surface area contributed by atoms with Gasteiger partial charge in [-0.1, -0.05) is 66.2 Å². The summed E-state index contributed by atoms with van der Waals surface area (Å²) >= 11 is 0. The maximum atomic E-state index is 2.23. The first kappa shape index (κ1) is 32.2. The van der Waals surface area contributed by atoms with Crippen molar-refractivity contribution in [1.29, 1.82) is 0 Å². The van der Waals surface area contributed by atoms with Gasteiger partial charge in [0.1, 0.15) is 0 Å². The van der Waals surface area contributed by atoms with Gasteiger partial charge in [0.25, 0.3) is 0 Å². The second kappa shape index (κ2) is 19.8. The van der Waals surface area contributed by atoms with E-state index in [1.165, 1.54) is 60.8 Å². The maximum absolute atomic E-state index is 2.23. The number of hydrogen-bond donors (Lipinski definition) is 0. The van der Waals surface area contributed by atoms with Crippen molar-refractivity contribution >= 4 is 0 Å². The molecule has 0 aliphatic heterocycles. The molecule has 0 aromatic heterocycles. The first-order chi connectivity index (χ1) is 9.69. The number of rotatable bonds is 6. The molecule has 0 atom stereocenters. The molecule has 0 heterocycles. The Balaban J connectivity index is -0.000000143. The van der Waals surface area contributed by atoms with E-state index in [1.807, 2.05) is 0 Å². The Hall–Kier alpha value is 0.453. The van der Waals surface area contributed by atoms with Crippen LogP contribution in [0.15, 0.2) is 36.4 Å². The largest absolute Gasteiger partial charge is 3.00 e. The normalized spacial score (nSPS) is 8.50. The van der Waals surface area contributed by atoms with Gasteiger partial charge < -0.3 is 37.2 Å². The summed E-state index contributed by atoms with van der Waals surface area (Å²) in [5, 5.41) is 0. The van der Waals surface area contributed by atoms with Crippen LogP contribution in [0, 0.1) is 13.8 Å². The molecule has 0 N–H and O–H groups in total.